The van der Waals surface area contributed by atoms with E-state index < -0.39 is 43.0 Å². The van der Waals surface area contributed by atoms with E-state index in [0.717, 1.165) is 29.4 Å². The molecule has 33 heavy (non-hydrogen) atoms. The number of hydrogen-bond acceptors (Lipinski definition) is 6. The smallest absolute Gasteiger partial charge is 0.387 e. The van der Waals surface area contributed by atoms with Crippen LogP contribution in [0, 0.1) is 5.82 Å². The number of nitrogens with one attached hydrogen (secondary N) is 1. The topological polar surface area (TPSA) is 96.2 Å². The maximum Gasteiger partial charge on any atom is 0.408 e. The number of carbonyl (C=O) groups is 1. The average molecular weight is 474 g/mol. The molecule has 0 aromatic carbocycles. The van der Waals surface area contributed by atoms with E-state index in [1.807, 2.05) is 0 Å². The normalized spacial score (nSPS) is 18.5. The number of nitrogens with zero attached hydrogens (tertiary/aromatic N) is 5. The Morgan fingerprint density at radius 2 is 2.00 bits per heavy atom. The zero-order valence-corrected chi connectivity index (χ0v) is 16.7. The summed E-state index contributed by atoms with van der Waals surface area (Å²) >= 11 is 0. The third-order valence-corrected chi connectivity index (χ3v) is 5.01. The molecule has 1 saturated heterocycles. The van der Waals surface area contributed by atoms with Crippen molar-refractivity contribution in [2.45, 2.75) is 31.2 Å². The van der Waals surface area contributed by atoms with Gasteiger partial charge in [0.05, 0.1) is 23.6 Å². The van der Waals surface area contributed by atoms with Crippen LogP contribution in [0.5, 0.6) is 0 Å². The Morgan fingerprint density at radius 3 is 2.64 bits per heavy atom. The van der Waals surface area contributed by atoms with Gasteiger partial charge >= 0.3 is 6.18 Å². The fourth-order valence-corrected chi connectivity index (χ4v) is 3.40. The predicted molar refractivity (Wildman–Crippen MR) is 103 cm³/mol. The van der Waals surface area contributed by atoms with Gasteiger partial charge in [0.2, 0.25) is 0 Å². The quantitative estimate of drug-likeness (QED) is 0.565. The number of halogens is 6. The van der Waals surface area contributed by atoms with Crippen LogP contribution in [0.2, 0.25) is 0 Å². The molecular weight excluding hydrogens is 458 g/mol. The lowest BCUT2D eigenvalue weighted by atomic mass is 10.0. The van der Waals surface area contributed by atoms with Gasteiger partial charge in [-0.1, -0.05) is 0 Å². The van der Waals surface area contributed by atoms with E-state index >= 15 is 0 Å². The molecule has 8 nitrogen and oxygen atoms in total. The number of rotatable bonds is 4. The lowest BCUT2D eigenvalue weighted by molar-refractivity contribution is -0.142. The number of piperidine rings is 1. The van der Waals surface area contributed by atoms with Gasteiger partial charge in [-0.15, -0.1) is 0 Å². The first-order chi connectivity index (χ1) is 15.4. The molecule has 2 N–H and O–H groups in total. The summed E-state index contributed by atoms with van der Waals surface area (Å²) in [5, 5.41) is 16.0. The van der Waals surface area contributed by atoms with Gasteiger partial charge in [-0.2, -0.15) is 18.3 Å². The van der Waals surface area contributed by atoms with E-state index in [-0.39, 0.29) is 41.2 Å². The van der Waals surface area contributed by atoms with Gasteiger partial charge in [-0.05, 0) is 24.6 Å². The number of aliphatic hydroxyl groups is 1. The fraction of sp³-hybridized carbons (Fsp3) is 0.368. The van der Waals surface area contributed by atoms with Crippen LogP contribution in [0.25, 0.3) is 10.9 Å². The molecule has 4 rings (SSSR count). The summed E-state index contributed by atoms with van der Waals surface area (Å²) in [6.07, 6.45) is -4.91. The molecule has 1 atom stereocenters. The minimum absolute atomic E-state index is 0.0764. The van der Waals surface area contributed by atoms with E-state index in [2.05, 4.69) is 20.4 Å². The maximum atomic E-state index is 13.8. The summed E-state index contributed by atoms with van der Waals surface area (Å²) in [4.78, 5) is 21.2. The van der Waals surface area contributed by atoms with Crippen LogP contribution in [0.1, 0.15) is 16.9 Å². The van der Waals surface area contributed by atoms with Crippen LogP contribution < -0.4 is 5.32 Å². The van der Waals surface area contributed by atoms with Crippen molar-refractivity contribution in [3.63, 3.8) is 0 Å². The van der Waals surface area contributed by atoms with Crippen LogP contribution in [-0.4, -0.2) is 67.0 Å². The van der Waals surface area contributed by atoms with Crippen LogP contribution in [0.15, 0.2) is 30.6 Å². The molecule has 1 aliphatic rings. The highest BCUT2D eigenvalue weighted by molar-refractivity contribution is 5.98. The van der Waals surface area contributed by atoms with Gasteiger partial charge in [0.25, 0.3) is 11.8 Å². The van der Waals surface area contributed by atoms with Crippen LogP contribution >= 0.6 is 0 Å². The number of aliphatic hydroxyl groups excluding tert-OH is 1. The molecule has 0 bridgehead atoms. The van der Waals surface area contributed by atoms with Crippen molar-refractivity contribution < 1.29 is 36.2 Å². The van der Waals surface area contributed by atoms with Crippen molar-refractivity contribution in [3.05, 3.63) is 42.1 Å². The molecule has 0 radical (unpaired) electrons. The molecule has 4 heterocycles. The Balaban J connectivity index is 1.70. The van der Waals surface area contributed by atoms with Crippen molar-refractivity contribution in [2.75, 3.05) is 18.4 Å². The molecule has 0 aliphatic carbocycles. The highest BCUT2D eigenvalue weighted by atomic mass is 19.4. The van der Waals surface area contributed by atoms with E-state index in [1.165, 1.54) is 6.07 Å². The number of anilines is 2. The molecular formula is C19H16F6N6O2. The summed E-state index contributed by atoms with van der Waals surface area (Å²) in [6.45, 7) is -2.70. The number of fused-ring (bicyclic) bond motifs is 1. The van der Waals surface area contributed by atoms with Gasteiger partial charge in [-0.3, -0.25) is 14.5 Å². The number of likely N-dealkylation sites (tertiary alicyclic amines) is 1. The summed E-state index contributed by atoms with van der Waals surface area (Å²) in [5.41, 5.74) is -0.483. The standard InChI is InChI=1S/C19H16F6N6O2/c20-10-1-2-15(27-6-10)28-16-11-7-26-12(5-13(11)31(29-16)9-19(23,24)25)17(33)30-4-3-14(32)18(21,22)8-30/h1-2,5-7,14,32H,3-4,8-9H2,(H,27,28,29). The summed E-state index contributed by atoms with van der Waals surface area (Å²) in [7, 11) is 0. The fourth-order valence-electron chi connectivity index (χ4n) is 3.40. The van der Waals surface area contributed by atoms with Crippen molar-refractivity contribution >= 4 is 28.4 Å². The molecule has 1 fully saturated rings. The number of alkyl halides is 5. The SMILES string of the molecule is O=C(c1cc2c(cn1)c(Nc1ccc(F)cn1)nn2CC(F)(F)F)N1CCC(O)C(F)(F)C1. The van der Waals surface area contributed by atoms with Crippen molar-refractivity contribution in [2.24, 2.45) is 0 Å². The van der Waals surface area contributed by atoms with Gasteiger partial charge in [-0.25, -0.2) is 18.2 Å². The first-order valence-corrected chi connectivity index (χ1v) is 9.60. The first-order valence-electron chi connectivity index (χ1n) is 9.60. The first kappa shape index (κ1) is 22.8. The van der Waals surface area contributed by atoms with Crippen molar-refractivity contribution in [1.82, 2.24) is 24.6 Å². The second kappa shape index (κ2) is 8.17. The monoisotopic (exact) mass is 474 g/mol. The van der Waals surface area contributed by atoms with Crippen LogP contribution in [0.3, 0.4) is 0 Å². The molecule has 0 spiro atoms. The lowest BCUT2D eigenvalue weighted by Crippen LogP contribution is -2.53. The third-order valence-electron chi connectivity index (χ3n) is 5.01. The average Bonchev–Trinajstić information content (AvgIpc) is 3.06. The second-order valence-corrected chi connectivity index (χ2v) is 7.49. The zero-order valence-electron chi connectivity index (χ0n) is 16.7. The highest BCUT2D eigenvalue weighted by Gasteiger charge is 2.45. The van der Waals surface area contributed by atoms with Crippen LogP contribution in [-0.2, 0) is 6.54 Å². The Bertz CT molecular complexity index is 1180. The third kappa shape index (κ3) is 4.84. The minimum atomic E-state index is -4.65. The number of aromatic nitrogens is 4. The molecule has 1 unspecified atom stereocenters. The number of hydrogen-bond donors (Lipinski definition) is 2. The van der Waals surface area contributed by atoms with Crippen molar-refractivity contribution in [1.29, 1.82) is 0 Å². The Labute approximate surface area is 181 Å². The predicted octanol–water partition coefficient (Wildman–Crippen LogP) is 3.11. The zero-order chi connectivity index (χ0) is 24.0. The van der Waals surface area contributed by atoms with E-state index in [4.69, 9.17) is 0 Å². The summed E-state index contributed by atoms with van der Waals surface area (Å²) < 4.78 is 80.6. The van der Waals surface area contributed by atoms with Gasteiger partial charge in [0, 0.05) is 12.7 Å². The molecule has 3 aromatic rings. The highest BCUT2D eigenvalue weighted by Crippen LogP contribution is 2.30. The van der Waals surface area contributed by atoms with Crippen molar-refractivity contribution in [3.8, 4) is 0 Å². The lowest BCUT2D eigenvalue weighted by Gasteiger charge is -2.35. The van der Waals surface area contributed by atoms with E-state index in [9.17, 15) is 36.2 Å². The van der Waals surface area contributed by atoms with Gasteiger partial charge in [0.1, 0.15) is 30.0 Å². The Kier molecular flexibility index (Phi) is 5.64. The molecule has 0 saturated carbocycles. The Hall–Kier alpha value is -3.42. The number of amides is 1. The van der Waals surface area contributed by atoms with Gasteiger partial charge in [0.15, 0.2) is 5.82 Å². The molecule has 1 amide bonds. The van der Waals surface area contributed by atoms with Gasteiger partial charge < -0.3 is 15.3 Å². The molecule has 1 aliphatic heterocycles. The number of carbonyl (C=O) groups excluding carboxylic acids is 1. The number of pyridine rings is 2. The molecule has 176 valence electrons. The summed E-state index contributed by atoms with van der Waals surface area (Å²) in [5.74, 6) is -5.03. The second-order valence-electron chi connectivity index (χ2n) is 7.49. The largest absolute Gasteiger partial charge is 0.408 e. The minimum Gasteiger partial charge on any atom is -0.387 e. The Morgan fingerprint density at radius 1 is 1.24 bits per heavy atom. The van der Waals surface area contributed by atoms with E-state index in [1.54, 1.807) is 0 Å². The maximum absolute atomic E-state index is 13.8. The molecule has 14 heteroatoms. The van der Waals surface area contributed by atoms with Crippen LogP contribution in [0.4, 0.5) is 38.0 Å². The van der Waals surface area contributed by atoms with E-state index in [0.29, 0.717) is 4.68 Å². The summed E-state index contributed by atoms with van der Waals surface area (Å²) in [6, 6.07) is 3.37. The molecule has 3 aromatic heterocycles.